The lowest BCUT2D eigenvalue weighted by Crippen LogP contribution is -2.35. The lowest BCUT2D eigenvalue weighted by molar-refractivity contribution is -0.121. The van der Waals surface area contributed by atoms with Gasteiger partial charge in [-0.2, -0.15) is 0 Å². The van der Waals surface area contributed by atoms with Gasteiger partial charge in [-0.25, -0.2) is 0 Å². The van der Waals surface area contributed by atoms with Gasteiger partial charge in [-0.3, -0.25) is 4.79 Å². The number of phenols is 2. The van der Waals surface area contributed by atoms with E-state index in [1.165, 1.54) is 14.2 Å². The molecule has 0 spiro atoms. The Labute approximate surface area is 146 Å². The van der Waals surface area contributed by atoms with Crippen molar-refractivity contribution in [2.75, 3.05) is 14.2 Å². The summed E-state index contributed by atoms with van der Waals surface area (Å²) in [5, 5.41) is 23.0. The number of hydrogen-bond donors (Lipinski definition) is 3. The molecule has 0 bridgehead atoms. The Morgan fingerprint density at radius 3 is 1.72 bits per heavy atom. The molecule has 2 aromatic rings. The van der Waals surface area contributed by atoms with Crippen LogP contribution in [0, 0.1) is 0 Å². The molecule has 1 aliphatic heterocycles. The van der Waals surface area contributed by atoms with E-state index in [0.717, 1.165) is 11.1 Å². The maximum Gasteiger partial charge on any atom is 0.160 e. The zero-order chi connectivity index (χ0) is 18.0. The van der Waals surface area contributed by atoms with Crippen LogP contribution in [0.4, 0.5) is 0 Å². The summed E-state index contributed by atoms with van der Waals surface area (Å²) in [6.45, 7) is 0. The van der Waals surface area contributed by atoms with Crippen molar-refractivity contribution in [1.82, 2.24) is 5.32 Å². The van der Waals surface area contributed by atoms with Gasteiger partial charge in [0.15, 0.2) is 23.0 Å². The van der Waals surface area contributed by atoms with Crippen molar-refractivity contribution in [3.05, 3.63) is 47.5 Å². The van der Waals surface area contributed by atoms with Crippen molar-refractivity contribution < 1.29 is 24.5 Å². The number of hydrogen-bond acceptors (Lipinski definition) is 6. The minimum atomic E-state index is -0.180. The maximum absolute atomic E-state index is 12.3. The number of benzene rings is 2. The Kier molecular flexibility index (Phi) is 4.81. The lowest BCUT2D eigenvalue weighted by Gasteiger charge is -2.31. The van der Waals surface area contributed by atoms with Crippen LogP contribution in [0.3, 0.4) is 0 Å². The Balaban J connectivity index is 1.88. The van der Waals surface area contributed by atoms with E-state index in [-0.39, 0.29) is 29.4 Å². The first-order chi connectivity index (χ1) is 12.0. The zero-order valence-corrected chi connectivity index (χ0v) is 14.2. The molecule has 25 heavy (non-hydrogen) atoms. The van der Waals surface area contributed by atoms with Crippen molar-refractivity contribution in [3.8, 4) is 23.0 Å². The standard InChI is InChI=1S/C19H21NO5/c1-24-18-7-11(3-5-16(18)22)14-9-13(21)10-15(20-14)12-4-6-17(23)19(8-12)25-2/h3-8,14-15,20,22-23H,9-10H2,1-2H3. The first-order valence-corrected chi connectivity index (χ1v) is 8.03. The van der Waals surface area contributed by atoms with Crippen molar-refractivity contribution in [2.24, 2.45) is 0 Å². The number of aromatic hydroxyl groups is 2. The van der Waals surface area contributed by atoms with E-state index in [9.17, 15) is 15.0 Å². The summed E-state index contributed by atoms with van der Waals surface area (Å²) in [6, 6.07) is 9.80. The Morgan fingerprint density at radius 2 is 1.32 bits per heavy atom. The number of carbonyl (C=O) groups excluding carboxylic acids is 1. The number of nitrogens with one attached hydrogen (secondary N) is 1. The van der Waals surface area contributed by atoms with Gasteiger partial charge in [0.2, 0.25) is 0 Å². The minimum Gasteiger partial charge on any atom is -0.504 e. The highest BCUT2D eigenvalue weighted by Gasteiger charge is 2.29. The lowest BCUT2D eigenvalue weighted by atomic mass is 9.89. The molecule has 3 rings (SSSR count). The van der Waals surface area contributed by atoms with Gasteiger partial charge in [0, 0.05) is 24.9 Å². The topological polar surface area (TPSA) is 88.0 Å². The largest absolute Gasteiger partial charge is 0.504 e. The monoisotopic (exact) mass is 343 g/mol. The van der Waals surface area contributed by atoms with Crippen molar-refractivity contribution in [1.29, 1.82) is 0 Å². The van der Waals surface area contributed by atoms with Crippen molar-refractivity contribution >= 4 is 5.78 Å². The molecule has 1 saturated heterocycles. The van der Waals surface area contributed by atoms with Crippen LogP contribution in [0.2, 0.25) is 0 Å². The fourth-order valence-electron chi connectivity index (χ4n) is 3.15. The highest BCUT2D eigenvalue weighted by atomic mass is 16.5. The van der Waals surface area contributed by atoms with E-state index in [1.807, 2.05) is 0 Å². The van der Waals surface area contributed by atoms with E-state index < -0.39 is 0 Å². The van der Waals surface area contributed by atoms with Gasteiger partial charge in [0.05, 0.1) is 14.2 Å². The summed E-state index contributed by atoms with van der Waals surface area (Å²) < 4.78 is 10.3. The molecule has 6 nitrogen and oxygen atoms in total. The van der Waals surface area contributed by atoms with Gasteiger partial charge >= 0.3 is 0 Å². The Bertz CT molecular complexity index is 726. The molecule has 2 atom stereocenters. The number of ether oxygens (including phenoxy) is 2. The zero-order valence-electron chi connectivity index (χ0n) is 14.2. The van der Waals surface area contributed by atoms with Crippen LogP contribution in [-0.4, -0.2) is 30.2 Å². The molecule has 2 unspecified atom stereocenters. The molecule has 1 aliphatic rings. The van der Waals surface area contributed by atoms with Gasteiger partial charge < -0.3 is 25.0 Å². The number of piperidine rings is 1. The highest BCUT2D eigenvalue weighted by molar-refractivity contribution is 5.81. The second-order valence-corrected chi connectivity index (χ2v) is 6.08. The minimum absolute atomic E-state index is 0.0632. The smallest absolute Gasteiger partial charge is 0.160 e. The average Bonchev–Trinajstić information content (AvgIpc) is 2.62. The summed E-state index contributed by atoms with van der Waals surface area (Å²) >= 11 is 0. The predicted molar refractivity (Wildman–Crippen MR) is 92.2 cm³/mol. The van der Waals surface area contributed by atoms with Crippen LogP contribution >= 0.6 is 0 Å². The molecule has 1 heterocycles. The van der Waals surface area contributed by atoms with Gasteiger partial charge in [-0.1, -0.05) is 12.1 Å². The van der Waals surface area contributed by atoms with E-state index in [0.29, 0.717) is 24.3 Å². The van der Waals surface area contributed by atoms with Crippen LogP contribution in [0.5, 0.6) is 23.0 Å². The van der Waals surface area contributed by atoms with Crippen LogP contribution in [-0.2, 0) is 4.79 Å². The van der Waals surface area contributed by atoms with Gasteiger partial charge in [0.1, 0.15) is 5.78 Å². The number of Topliss-reactive ketones (excluding diaryl/α,β-unsaturated/α-hetero) is 1. The predicted octanol–water partition coefficient (Wildman–Crippen LogP) is 2.85. The molecule has 1 fully saturated rings. The first kappa shape index (κ1) is 17.1. The number of phenolic OH excluding ortho intramolecular Hbond substituents is 2. The third kappa shape index (κ3) is 3.53. The van der Waals surface area contributed by atoms with Crippen molar-refractivity contribution in [3.63, 3.8) is 0 Å². The highest BCUT2D eigenvalue weighted by Crippen LogP contribution is 2.37. The number of carbonyl (C=O) groups is 1. The average molecular weight is 343 g/mol. The maximum atomic E-state index is 12.3. The van der Waals surface area contributed by atoms with Crippen molar-refractivity contribution in [2.45, 2.75) is 24.9 Å². The first-order valence-electron chi connectivity index (χ1n) is 8.03. The van der Waals surface area contributed by atoms with E-state index in [2.05, 4.69) is 5.32 Å². The normalized spacial score (nSPS) is 20.3. The van der Waals surface area contributed by atoms with Crippen LogP contribution in [0.1, 0.15) is 36.1 Å². The fraction of sp³-hybridized carbons (Fsp3) is 0.316. The molecular weight excluding hydrogens is 322 g/mol. The third-order valence-electron chi connectivity index (χ3n) is 4.48. The number of ketones is 1. The SMILES string of the molecule is COc1cc(C2CC(=O)CC(c3ccc(O)c(OC)c3)N2)ccc1O. The third-order valence-corrected chi connectivity index (χ3v) is 4.48. The molecular formula is C19H21NO5. The fourth-order valence-corrected chi connectivity index (χ4v) is 3.15. The molecule has 0 aromatic heterocycles. The molecule has 0 radical (unpaired) electrons. The molecule has 0 aliphatic carbocycles. The molecule has 6 heteroatoms. The van der Waals surface area contributed by atoms with E-state index in [4.69, 9.17) is 9.47 Å². The van der Waals surface area contributed by atoms with E-state index in [1.54, 1.807) is 36.4 Å². The second kappa shape index (κ2) is 7.03. The van der Waals surface area contributed by atoms with Crippen LogP contribution in [0.15, 0.2) is 36.4 Å². The van der Waals surface area contributed by atoms with Gasteiger partial charge in [0.25, 0.3) is 0 Å². The molecule has 0 amide bonds. The summed E-state index contributed by atoms with van der Waals surface area (Å²) in [5.74, 6) is 1.02. The van der Waals surface area contributed by atoms with Gasteiger partial charge in [-0.15, -0.1) is 0 Å². The summed E-state index contributed by atoms with van der Waals surface area (Å²) in [5.41, 5.74) is 1.75. The molecule has 132 valence electrons. The molecule has 2 aromatic carbocycles. The van der Waals surface area contributed by atoms with Crippen LogP contribution < -0.4 is 14.8 Å². The number of methoxy groups -OCH3 is 2. The summed E-state index contributed by atoms with van der Waals surface area (Å²) in [4.78, 5) is 12.3. The van der Waals surface area contributed by atoms with Gasteiger partial charge in [-0.05, 0) is 35.4 Å². The summed E-state index contributed by atoms with van der Waals surface area (Å²) in [6.07, 6.45) is 0.749. The Morgan fingerprint density at radius 1 is 0.880 bits per heavy atom. The summed E-state index contributed by atoms with van der Waals surface area (Å²) in [7, 11) is 2.98. The second-order valence-electron chi connectivity index (χ2n) is 6.08. The van der Waals surface area contributed by atoms with E-state index >= 15 is 0 Å². The quantitative estimate of drug-likeness (QED) is 0.791. The molecule has 0 saturated carbocycles. The number of rotatable bonds is 4. The van der Waals surface area contributed by atoms with Crippen LogP contribution in [0.25, 0.3) is 0 Å². The Hall–Kier alpha value is -2.73. The molecule has 3 N–H and O–H groups in total.